The Morgan fingerprint density at radius 3 is 2.78 bits per heavy atom. The smallest absolute Gasteiger partial charge is 0.254 e. The summed E-state index contributed by atoms with van der Waals surface area (Å²) in [4.78, 5) is 3.93. The maximum atomic E-state index is 12.5. The Bertz CT molecular complexity index is 543. The molecule has 1 aliphatic heterocycles. The maximum Gasteiger partial charge on any atom is 0.254 e. The summed E-state index contributed by atoms with van der Waals surface area (Å²) in [7, 11) is -3.60. The van der Waals surface area contributed by atoms with Crippen molar-refractivity contribution in [1.82, 2.24) is 9.29 Å². The van der Waals surface area contributed by atoms with Crippen molar-refractivity contribution in [3.63, 3.8) is 0 Å². The number of nitrogens with zero attached hydrogens (tertiary/aromatic N) is 2. The van der Waals surface area contributed by atoms with Crippen LogP contribution in [0.2, 0.25) is 4.47 Å². The standard InChI is InChI=1S/C10H15ClN2O3S2/c1-6-3-4-13(8(6)5-14)18(15,16)9-7(2)12-10(11)17-9/h6,8,14H,3-5H2,1-2H3. The molecule has 2 unspecified atom stereocenters. The van der Waals surface area contributed by atoms with E-state index in [1.165, 1.54) is 4.31 Å². The fourth-order valence-corrected chi connectivity index (χ4v) is 5.82. The molecule has 1 aromatic heterocycles. The molecule has 0 aromatic carbocycles. The summed E-state index contributed by atoms with van der Waals surface area (Å²) in [6.07, 6.45) is 0.760. The first kappa shape index (κ1) is 14.2. The first-order valence-corrected chi connectivity index (χ1v) is 8.27. The van der Waals surface area contributed by atoms with Crippen LogP contribution >= 0.6 is 22.9 Å². The molecule has 18 heavy (non-hydrogen) atoms. The molecule has 1 aromatic rings. The number of aryl methyl sites for hydroxylation is 1. The molecule has 5 nitrogen and oxygen atoms in total. The fourth-order valence-electron chi connectivity index (χ4n) is 2.24. The SMILES string of the molecule is Cc1nc(Cl)sc1S(=O)(=O)N1CCC(C)C1CO. The lowest BCUT2D eigenvalue weighted by molar-refractivity contribution is 0.191. The third-order valence-electron chi connectivity index (χ3n) is 3.29. The molecule has 8 heteroatoms. The zero-order chi connectivity index (χ0) is 13.5. The first-order chi connectivity index (χ1) is 8.37. The molecule has 1 fully saturated rings. The van der Waals surface area contributed by atoms with Crippen molar-refractivity contribution in [2.24, 2.45) is 5.92 Å². The molecular formula is C10H15ClN2O3S2. The predicted octanol–water partition coefficient (Wildman–Crippen LogP) is 1.50. The molecule has 1 saturated heterocycles. The number of aromatic nitrogens is 1. The quantitative estimate of drug-likeness (QED) is 0.918. The normalized spacial score (nSPS) is 25.8. The van der Waals surface area contributed by atoms with E-state index in [4.69, 9.17) is 11.6 Å². The van der Waals surface area contributed by atoms with Gasteiger partial charge < -0.3 is 5.11 Å². The molecule has 0 spiro atoms. The van der Waals surface area contributed by atoms with Crippen molar-refractivity contribution in [3.8, 4) is 0 Å². The fraction of sp³-hybridized carbons (Fsp3) is 0.700. The number of aliphatic hydroxyl groups excluding tert-OH is 1. The first-order valence-electron chi connectivity index (χ1n) is 5.63. The Morgan fingerprint density at radius 2 is 2.28 bits per heavy atom. The second-order valence-electron chi connectivity index (χ2n) is 4.47. The Balaban J connectivity index is 2.40. The number of aliphatic hydroxyl groups is 1. The maximum absolute atomic E-state index is 12.5. The second-order valence-corrected chi connectivity index (χ2v) is 8.14. The van der Waals surface area contributed by atoms with Crippen molar-refractivity contribution in [1.29, 1.82) is 0 Å². The van der Waals surface area contributed by atoms with Gasteiger partial charge in [0.25, 0.3) is 10.0 Å². The Labute approximate surface area is 115 Å². The second kappa shape index (κ2) is 5.05. The lowest BCUT2D eigenvalue weighted by Gasteiger charge is -2.23. The van der Waals surface area contributed by atoms with Crippen LogP contribution in [0, 0.1) is 12.8 Å². The molecule has 0 aliphatic carbocycles. The summed E-state index contributed by atoms with van der Waals surface area (Å²) in [5.41, 5.74) is 0.418. The third-order valence-corrected chi connectivity index (χ3v) is 7.06. The summed E-state index contributed by atoms with van der Waals surface area (Å²) in [6, 6.07) is -0.352. The number of thiazole rings is 1. The number of sulfonamides is 1. The van der Waals surface area contributed by atoms with Crippen molar-refractivity contribution in [2.75, 3.05) is 13.2 Å². The molecule has 1 aliphatic rings. The van der Waals surface area contributed by atoms with E-state index >= 15 is 0 Å². The van der Waals surface area contributed by atoms with Crippen LogP contribution in [0.3, 0.4) is 0 Å². The van der Waals surface area contributed by atoms with Crippen LogP contribution in [-0.2, 0) is 10.0 Å². The Morgan fingerprint density at radius 1 is 1.61 bits per heavy atom. The van der Waals surface area contributed by atoms with E-state index in [-0.39, 0.29) is 27.2 Å². The summed E-state index contributed by atoms with van der Waals surface area (Å²) in [5.74, 6) is 0.161. The van der Waals surface area contributed by atoms with Crippen molar-refractivity contribution < 1.29 is 13.5 Å². The van der Waals surface area contributed by atoms with Crippen LogP contribution < -0.4 is 0 Å². The van der Waals surface area contributed by atoms with Crippen LogP contribution in [0.4, 0.5) is 0 Å². The average Bonchev–Trinajstić information content (AvgIpc) is 2.82. The van der Waals surface area contributed by atoms with Gasteiger partial charge in [0, 0.05) is 6.54 Å². The van der Waals surface area contributed by atoms with E-state index in [1.54, 1.807) is 6.92 Å². The number of halogens is 1. The summed E-state index contributed by atoms with van der Waals surface area (Å²) >= 11 is 6.72. The van der Waals surface area contributed by atoms with Gasteiger partial charge in [-0.15, -0.1) is 0 Å². The van der Waals surface area contributed by atoms with Gasteiger partial charge in [-0.05, 0) is 19.3 Å². The largest absolute Gasteiger partial charge is 0.395 e. The predicted molar refractivity (Wildman–Crippen MR) is 70.4 cm³/mol. The average molecular weight is 311 g/mol. The van der Waals surface area contributed by atoms with Gasteiger partial charge in [-0.1, -0.05) is 29.9 Å². The topological polar surface area (TPSA) is 70.5 Å². The minimum atomic E-state index is -3.60. The van der Waals surface area contributed by atoms with Crippen LogP contribution in [0.5, 0.6) is 0 Å². The molecule has 2 atom stereocenters. The number of hydrogen-bond donors (Lipinski definition) is 1. The molecular weight excluding hydrogens is 296 g/mol. The van der Waals surface area contributed by atoms with Crippen molar-refractivity contribution >= 4 is 33.0 Å². The highest BCUT2D eigenvalue weighted by molar-refractivity contribution is 7.91. The third kappa shape index (κ3) is 2.30. The molecule has 2 rings (SSSR count). The minimum absolute atomic E-state index is 0.161. The van der Waals surface area contributed by atoms with E-state index in [0.717, 1.165) is 17.8 Å². The van der Waals surface area contributed by atoms with Gasteiger partial charge in [-0.2, -0.15) is 4.31 Å². The van der Waals surface area contributed by atoms with Crippen LogP contribution in [0.15, 0.2) is 4.21 Å². The highest BCUT2D eigenvalue weighted by Gasteiger charge is 2.40. The van der Waals surface area contributed by atoms with Crippen molar-refractivity contribution in [2.45, 2.75) is 30.5 Å². The molecule has 1 N–H and O–H groups in total. The van der Waals surface area contributed by atoms with Crippen LogP contribution in [0.25, 0.3) is 0 Å². The van der Waals surface area contributed by atoms with Crippen LogP contribution in [0.1, 0.15) is 19.0 Å². The van der Waals surface area contributed by atoms with E-state index in [0.29, 0.717) is 12.2 Å². The highest BCUT2D eigenvalue weighted by Crippen LogP contribution is 2.34. The molecule has 0 bridgehead atoms. The van der Waals surface area contributed by atoms with Gasteiger partial charge in [0.1, 0.15) is 0 Å². The van der Waals surface area contributed by atoms with Gasteiger partial charge in [0.05, 0.1) is 18.3 Å². The molecule has 0 saturated carbocycles. The lowest BCUT2D eigenvalue weighted by atomic mass is 10.0. The van der Waals surface area contributed by atoms with Gasteiger partial charge in [-0.25, -0.2) is 13.4 Å². The van der Waals surface area contributed by atoms with E-state index in [1.807, 2.05) is 6.92 Å². The zero-order valence-electron chi connectivity index (χ0n) is 10.1. The van der Waals surface area contributed by atoms with Gasteiger partial charge in [-0.3, -0.25) is 0 Å². The number of rotatable bonds is 3. The van der Waals surface area contributed by atoms with E-state index in [2.05, 4.69) is 4.98 Å². The number of hydrogen-bond acceptors (Lipinski definition) is 5. The van der Waals surface area contributed by atoms with Gasteiger partial charge in [0.15, 0.2) is 8.68 Å². The summed E-state index contributed by atoms with van der Waals surface area (Å²) in [6.45, 7) is 3.85. The van der Waals surface area contributed by atoms with Gasteiger partial charge >= 0.3 is 0 Å². The Hall–Kier alpha value is -0.210. The lowest BCUT2D eigenvalue weighted by Crippen LogP contribution is -2.39. The summed E-state index contributed by atoms with van der Waals surface area (Å²) in [5, 5.41) is 9.35. The summed E-state index contributed by atoms with van der Waals surface area (Å²) < 4.78 is 26.8. The van der Waals surface area contributed by atoms with Crippen LogP contribution in [-0.4, -0.2) is 42.0 Å². The molecule has 0 amide bonds. The Kier molecular flexibility index (Phi) is 3.99. The molecule has 2 heterocycles. The highest BCUT2D eigenvalue weighted by atomic mass is 35.5. The monoisotopic (exact) mass is 310 g/mol. The van der Waals surface area contributed by atoms with Gasteiger partial charge in [0.2, 0.25) is 0 Å². The van der Waals surface area contributed by atoms with E-state index in [9.17, 15) is 13.5 Å². The zero-order valence-corrected chi connectivity index (χ0v) is 12.5. The molecule has 0 radical (unpaired) electrons. The van der Waals surface area contributed by atoms with Crippen molar-refractivity contribution in [3.05, 3.63) is 10.2 Å². The molecule has 102 valence electrons. The van der Waals surface area contributed by atoms with E-state index < -0.39 is 10.0 Å². The minimum Gasteiger partial charge on any atom is -0.395 e.